The molecule has 0 amide bonds. The van der Waals surface area contributed by atoms with E-state index in [1.807, 2.05) is 13.0 Å². The van der Waals surface area contributed by atoms with Crippen LogP contribution in [0.4, 0.5) is 5.82 Å². The van der Waals surface area contributed by atoms with Gasteiger partial charge in [-0.1, -0.05) is 11.6 Å². The van der Waals surface area contributed by atoms with Crippen molar-refractivity contribution in [3.8, 4) is 0 Å². The first-order chi connectivity index (χ1) is 7.09. The summed E-state index contributed by atoms with van der Waals surface area (Å²) in [5.74, 6) is 1.18. The first-order valence-corrected chi connectivity index (χ1v) is 6.28. The highest BCUT2D eigenvalue weighted by molar-refractivity contribution is 14.1. The molecule has 0 saturated carbocycles. The molecule has 2 rings (SSSR count). The van der Waals surface area contributed by atoms with Gasteiger partial charge in [-0.15, -0.1) is 0 Å². The van der Waals surface area contributed by atoms with Gasteiger partial charge in [0.25, 0.3) is 0 Å². The lowest BCUT2D eigenvalue weighted by Gasteiger charge is -2.42. The van der Waals surface area contributed by atoms with E-state index in [9.17, 15) is 5.11 Å². The molecule has 0 spiro atoms. The lowest BCUT2D eigenvalue weighted by molar-refractivity contribution is 0.107. The molecule has 1 aromatic heterocycles. The predicted octanol–water partition coefficient (Wildman–Crippen LogP) is 2.16. The summed E-state index contributed by atoms with van der Waals surface area (Å²) >= 11 is 8.35. The zero-order chi connectivity index (χ0) is 11.0. The molecule has 5 heteroatoms. The van der Waals surface area contributed by atoms with Crippen LogP contribution in [-0.2, 0) is 0 Å². The van der Waals surface area contributed by atoms with Gasteiger partial charge in [0.05, 0.1) is 11.1 Å². The second kappa shape index (κ2) is 4.43. The van der Waals surface area contributed by atoms with Crippen LogP contribution < -0.4 is 4.90 Å². The number of hydrogen-bond donors (Lipinski definition) is 1. The van der Waals surface area contributed by atoms with Crippen LogP contribution in [0.2, 0.25) is 5.02 Å². The zero-order valence-electron chi connectivity index (χ0n) is 8.32. The number of aliphatic hydroxyl groups is 1. The van der Waals surface area contributed by atoms with Crippen LogP contribution in [0.15, 0.2) is 12.3 Å². The minimum Gasteiger partial charge on any atom is -0.393 e. The average Bonchev–Trinajstić information content (AvgIpc) is 2.09. The van der Waals surface area contributed by atoms with Gasteiger partial charge in [-0.2, -0.15) is 0 Å². The Kier molecular flexibility index (Phi) is 3.37. The summed E-state index contributed by atoms with van der Waals surface area (Å²) in [5.41, 5.74) is 0. The molecule has 1 aliphatic heterocycles. The Hall–Kier alpha value is -0.0700. The number of hydrogen-bond acceptors (Lipinski definition) is 3. The molecule has 0 aromatic carbocycles. The van der Waals surface area contributed by atoms with E-state index in [-0.39, 0.29) is 6.10 Å². The number of rotatable bonds is 2. The smallest absolute Gasteiger partial charge is 0.148 e. The topological polar surface area (TPSA) is 36.4 Å². The summed E-state index contributed by atoms with van der Waals surface area (Å²) in [6.45, 7) is 3.50. The third kappa shape index (κ3) is 2.21. The normalized spacial score (nSPS) is 18.8. The van der Waals surface area contributed by atoms with Crippen LogP contribution in [-0.4, -0.2) is 29.3 Å². The summed E-state index contributed by atoms with van der Waals surface area (Å²) in [7, 11) is 0. The predicted molar refractivity (Wildman–Crippen MR) is 69.3 cm³/mol. The monoisotopic (exact) mass is 338 g/mol. The van der Waals surface area contributed by atoms with Gasteiger partial charge in [0, 0.05) is 28.8 Å². The number of pyridine rings is 1. The van der Waals surface area contributed by atoms with Crippen molar-refractivity contribution >= 4 is 40.0 Å². The Balaban J connectivity index is 2.10. The molecular weight excluding hydrogens is 326 g/mol. The molecule has 1 atom stereocenters. The maximum atomic E-state index is 9.38. The highest BCUT2D eigenvalue weighted by Crippen LogP contribution is 2.32. The Bertz CT molecular complexity index is 366. The minimum atomic E-state index is -0.247. The van der Waals surface area contributed by atoms with Crippen LogP contribution >= 0.6 is 34.2 Å². The SMILES string of the molecule is CC(O)C1CN(c2nccc(I)c2Cl)C1. The summed E-state index contributed by atoms with van der Waals surface area (Å²) < 4.78 is 1.01. The highest BCUT2D eigenvalue weighted by Gasteiger charge is 2.32. The summed E-state index contributed by atoms with van der Waals surface area (Å²) in [4.78, 5) is 6.36. The number of halogens is 2. The molecule has 2 heterocycles. The van der Waals surface area contributed by atoms with E-state index < -0.39 is 0 Å². The maximum absolute atomic E-state index is 9.38. The third-order valence-electron chi connectivity index (χ3n) is 2.72. The first kappa shape index (κ1) is 11.4. The number of anilines is 1. The van der Waals surface area contributed by atoms with E-state index in [2.05, 4.69) is 32.5 Å². The van der Waals surface area contributed by atoms with E-state index in [1.54, 1.807) is 6.20 Å². The quantitative estimate of drug-likeness (QED) is 0.840. The number of aromatic nitrogens is 1. The standard InChI is InChI=1S/C10H12ClIN2O/c1-6(15)7-4-14(5-7)10-9(11)8(12)2-3-13-10/h2-3,6-7,15H,4-5H2,1H3. The molecule has 1 saturated heterocycles. The van der Waals surface area contributed by atoms with Gasteiger partial charge in [-0.3, -0.25) is 0 Å². The highest BCUT2D eigenvalue weighted by atomic mass is 127. The van der Waals surface area contributed by atoms with Crippen molar-refractivity contribution in [1.29, 1.82) is 0 Å². The van der Waals surface area contributed by atoms with E-state index in [0.717, 1.165) is 22.5 Å². The van der Waals surface area contributed by atoms with Gasteiger partial charge in [0.15, 0.2) is 0 Å². The molecule has 1 unspecified atom stereocenters. The van der Waals surface area contributed by atoms with Crippen molar-refractivity contribution < 1.29 is 5.11 Å². The Morgan fingerprint density at radius 1 is 1.67 bits per heavy atom. The third-order valence-corrected chi connectivity index (χ3v) is 4.31. The van der Waals surface area contributed by atoms with Crippen molar-refractivity contribution in [2.75, 3.05) is 18.0 Å². The molecule has 0 radical (unpaired) electrons. The second-order valence-corrected chi connectivity index (χ2v) is 5.38. The lowest BCUT2D eigenvalue weighted by Crippen LogP contribution is -2.51. The summed E-state index contributed by atoms with van der Waals surface area (Å²) in [6, 6.07) is 1.89. The van der Waals surface area contributed by atoms with Crippen molar-refractivity contribution in [3.63, 3.8) is 0 Å². The molecule has 82 valence electrons. The number of aliphatic hydroxyl groups excluding tert-OH is 1. The van der Waals surface area contributed by atoms with E-state index in [0.29, 0.717) is 10.9 Å². The van der Waals surface area contributed by atoms with Gasteiger partial charge in [-0.05, 0) is 35.6 Å². The Labute approximate surface area is 108 Å². The van der Waals surface area contributed by atoms with Gasteiger partial charge < -0.3 is 10.0 Å². The van der Waals surface area contributed by atoms with Crippen molar-refractivity contribution in [2.24, 2.45) is 5.92 Å². The van der Waals surface area contributed by atoms with Gasteiger partial charge >= 0.3 is 0 Å². The fourth-order valence-electron chi connectivity index (χ4n) is 1.62. The minimum absolute atomic E-state index is 0.247. The molecule has 15 heavy (non-hydrogen) atoms. The van der Waals surface area contributed by atoms with Gasteiger partial charge in [-0.25, -0.2) is 4.98 Å². The van der Waals surface area contributed by atoms with Crippen LogP contribution in [0.5, 0.6) is 0 Å². The van der Waals surface area contributed by atoms with Gasteiger partial charge in [0.1, 0.15) is 5.82 Å². The van der Waals surface area contributed by atoms with Crippen molar-refractivity contribution in [3.05, 3.63) is 20.9 Å². The van der Waals surface area contributed by atoms with E-state index in [4.69, 9.17) is 11.6 Å². The maximum Gasteiger partial charge on any atom is 0.148 e. The molecule has 3 nitrogen and oxygen atoms in total. The Morgan fingerprint density at radius 3 is 2.93 bits per heavy atom. The lowest BCUT2D eigenvalue weighted by atomic mass is 9.95. The molecule has 1 fully saturated rings. The van der Waals surface area contributed by atoms with Crippen molar-refractivity contribution in [2.45, 2.75) is 13.0 Å². The molecular formula is C10H12ClIN2O. The van der Waals surface area contributed by atoms with Crippen LogP contribution in [0.1, 0.15) is 6.92 Å². The molecule has 1 N–H and O–H groups in total. The van der Waals surface area contributed by atoms with E-state index >= 15 is 0 Å². The Morgan fingerprint density at radius 2 is 2.33 bits per heavy atom. The molecule has 0 bridgehead atoms. The summed E-state index contributed by atoms with van der Waals surface area (Å²) in [5, 5.41) is 10.1. The van der Waals surface area contributed by atoms with Gasteiger partial charge in [0.2, 0.25) is 0 Å². The fraction of sp³-hybridized carbons (Fsp3) is 0.500. The zero-order valence-corrected chi connectivity index (χ0v) is 11.2. The largest absolute Gasteiger partial charge is 0.393 e. The van der Waals surface area contributed by atoms with Crippen LogP contribution in [0.3, 0.4) is 0 Å². The molecule has 0 aliphatic carbocycles. The fourth-order valence-corrected chi connectivity index (χ4v) is 2.25. The average molecular weight is 339 g/mol. The second-order valence-electron chi connectivity index (χ2n) is 3.84. The van der Waals surface area contributed by atoms with Crippen molar-refractivity contribution in [1.82, 2.24) is 4.98 Å². The van der Waals surface area contributed by atoms with Crippen LogP contribution in [0.25, 0.3) is 0 Å². The van der Waals surface area contributed by atoms with Crippen LogP contribution in [0, 0.1) is 9.49 Å². The summed E-state index contributed by atoms with van der Waals surface area (Å²) in [6.07, 6.45) is 1.52. The number of nitrogens with zero attached hydrogens (tertiary/aromatic N) is 2. The van der Waals surface area contributed by atoms with E-state index in [1.165, 1.54) is 0 Å². The molecule has 1 aromatic rings. The first-order valence-electron chi connectivity index (χ1n) is 4.82. The molecule has 1 aliphatic rings.